The van der Waals surface area contributed by atoms with Gasteiger partial charge in [-0.05, 0) is 31.0 Å². The number of carboxylic acid groups (broad SMARTS) is 1. The molecule has 23 heavy (non-hydrogen) atoms. The maximum absolute atomic E-state index is 12.0. The molecule has 1 aromatic heterocycles. The van der Waals surface area contributed by atoms with Crippen LogP contribution in [0.15, 0.2) is 42.5 Å². The summed E-state index contributed by atoms with van der Waals surface area (Å²) in [6.45, 7) is 1.62. The third kappa shape index (κ3) is 5.15. The second-order valence-corrected chi connectivity index (χ2v) is 7.04. The first kappa shape index (κ1) is 17.1. The topological polar surface area (TPSA) is 96.4 Å². The monoisotopic (exact) mass is 334 g/mol. The van der Waals surface area contributed by atoms with E-state index in [0.29, 0.717) is 17.8 Å². The molecule has 6 nitrogen and oxygen atoms in total. The van der Waals surface area contributed by atoms with Crippen molar-refractivity contribution in [3.8, 4) is 0 Å². The number of carboxylic acids is 1. The van der Waals surface area contributed by atoms with Gasteiger partial charge in [-0.25, -0.2) is 17.9 Å². The Morgan fingerprint density at radius 1 is 1.17 bits per heavy atom. The van der Waals surface area contributed by atoms with Crippen molar-refractivity contribution in [1.29, 1.82) is 0 Å². The van der Waals surface area contributed by atoms with Crippen molar-refractivity contribution in [2.45, 2.75) is 19.9 Å². The van der Waals surface area contributed by atoms with Gasteiger partial charge in [0, 0.05) is 0 Å². The molecule has 2 aromatic rings. The molecule has 0 fully saturated rings. The van der Waals surface area contributed by atoms with Crippen LogP contribution in [0.25, 0.3) is 0 Å². The number of nitrogens with one attached hydrogen (secondary N) is 1. The number of rotatable bonds is 7. The average Bonchev–Trinajstić information content (AvgIpc) is 2.52. The van der Waals surface area contributed by atoms with Crippen LogP contribution < -0.4 is 4.72 Å². The van der Waals surface area contributed by atoms with Gasteiger partial charge in [0.15, 0.2) is 0 Å². The number of hydrogen-bond donors (Lipinski definition) is 2. The Kier molecular flexibility index (Phi) is 5.46. The van der Waals surface area contributed by atoms with Gasteiger partial charge in [-0.3, -0.25) is 4.98 Å². The number of benzene rings is 1. The highest BCUT2D eigenvalue weighted by atomic mass is 32.2. The van der Waals surface area contributed by atoms with Crippen molar-refractivity contribution in [2.24, 2.45) is 0 Å². The highest BCUT2D eigenvalue weighted by molar-refractivity contribution is 7.89. The predicted molar refractivity (Wildman–Crippen MR) is 86.7 cm³/mol. The van der Waals surface area contributed by atoms with Crippen molar-refractivity contribution in [2.75, 3.05) is 5.75 Å². The van der Waals surface area contributed by atoms with E-state index in [-0.39, 0.29) is 17.9 Å². The molecular weight excluding hydrogens is 316 g/mol. The van der Waals surface area contributed by atoms with E-state index >= 15 is 0 Å². The molecule has 0 unspecified atom stereocenters. The lowest BCUT2D eigenvalue weighted by molar-refractivity contribution is 0.0695. The smallest absolute Gasteiger partial charge is 0.337 e. The normalized spacial score (nSPS) is 11.3. The Morgan fingerprint density at radius 2 is 1.87 bits per heavy atom. The third-order valence-corrected chi connectivity index (χ3v) is 4.68. The summed E-state index contributed by atoms with van der Waals surface area (Å²) in [6.07, 6.45) is 0.431. The van der Waals surface area contributed by atoms with E-state index in [1.54, 1.807) is 6.92 Å². The fourth-order valence-corrected chi connectivity index (χ4v) is 3.11. The van der Waals surface area contributed by atoms with Crippen LogP contribution in [0, 0.1) is 6.92 Å². The van der Waals surface area contributed by atoms with Gasteiger partial charge in [0.05, 0.1) is 29.2 Å². The van der Waals surface area contributed by atoms with Crippen LogP contribution in [0.3, 0.4) is 0 Å². The van der Waals surface area contributed by atoms with E-state index in [9.17, 15) is 13.2 Å². The predicted octanol–water partition coefficient (Wildman–Crippen LogP) is 1.75. The highest BCUT2D eigenvalue weighted by Gasteiger charge is 2.12. The maximum atomic E-state index is 12.0. The molecule has 0 spiro atoms. The summed E-state index contributed by atoms with van der Waals surface area (Å²) in [5, 5.41) is 8.94. The Balaban J connectivity index is 1.94. The minimum absolute atomic E-state index is 0.0107. The second-order valence-electron chi connectivity index (χ2n) is 5.12. The summed E-state index contributed by atoms with van der Waals surface area (Å²) < 4.78 is 26.5. The molecule has 0 aliphatic rings. The van der Waals surface area contributed by atoms with Crippen LogP contribution in [0.2, 0.25) is 0 Å². The number of nitrogens with zero attached hydrogens (tertiary/aromatic N) is 1. The minimum atomic E-state index is -3.42. The lowest BCUT2D eigenvalue weighted by Crippen LogP contribution is -2.27. The molecule has 2 N–H and O–H groups in total. The Labute approximate surface area is 135 Å². The summed E-state index contributed by atoms with van der Waals surface area (Å²) >= 11 is 0. The van der Waals surface area contributed by atoms with E-state index in [1.807, 2.05) is 30.3 Å². The van der Waals surface area contributed by atoms with Gasteiger partial charge in [-0.15, -0.1) is 0 Å². The van der Waals surface area contributed by atoms with Gasteiger partial charge in [0.2, 0.25) is 10.0 Å². The van der Waals surface area contributed by atoms with E-state index in [2.05, 4.69) is 9.71 Å². The summed E-state index contributed by atoms with van der Waals surface area (Å²) in [6, 6.07) is 12.3. The minimum Gasteiger partial charge on any atom is -0.478 e. The Bertz CT molecular complexity index is 789. The number of hydrogen-bond acceptors (Lipinski definition) is 4. The first-order valence-corrected chi connectivity index (χ1v) is 8.74. The SMILES string of the molecule is Cc1nc(CNS(=O)(=O)CCc2ccccc2)ccc1C(=O)O. The molecule has 0 aliphatic heterocycles. The summed E-state index contributed by atoms with van der Waals surface area (Å²) in [7, 11) is -3.42. The largest absolute Gasteiger partial charge is 0.478 e. The van der Waals surface area contributed by atoms with Crippen molar-refractivity contribution in [1.82, 2.24) is 9.71 Å². The molecule has 0 amide bonds. The summed E-state index contributed by atoms with van der Waals surface area (Å²) in [4.78, 5) is 15.0. The van der Waals surface area contributed by atoms with Gasteiger partial charge in [0.25, 0.3) is 0 Å². The quantitative estimate of drug-likeness (QED) is 0.804. The molecule has 2 rings (SSSR count). The van der Waals surface area contributed by atoms with E-state index < -0.39 is 16.0 Å². The Hall–Kier alpha value is -2.25. The fourth-order valence-electron chi connectivity index (χ4n) is 2.09. The van der Waals surface area contributed by atoms with Gasteiger partial charge < -0.3 is 5.11 Å². The zero-order valence-corrected chi connectivity index (χ0v) is 13.5. The highest BCUT2D eigenvalue weighted by Crippen LogP contribution is 2.07. The van der Waals surface area contributed by atoms with E-state index in [1.165, 1.54) is 12.1 Å². The molecule has 0 radical (unpaired) electrons. The van der Waals surface area contributed by atoms with Crippen LogP contribution in [0.1, 0.15) is 27.3 Å². The van der Waals surface area contributed by atoms with E-state index in [0.717, 1.165) is 5.56 Å². The molecule has 0 atom stereocenters. The first-order valence-electron chi connectivity index (χ1n) is 7.08. The van der Waals surface area contributed by atoms with Gasteiger partial charge in [-0.2, -0.15) is 0 Å². The van der Waals surface area contributed by atoms with Crippen LogP contribution in [-0.2, 0) is 23.0 Å². The molecule has 122 valence electrons. The van der Waals surface area contributed by atoms with Crippen LogP contribution in [0.5, 0.6) is 0 Å². The van der Waals surface area contributed by atoms with Crippen LogP contribution in [-0.4, -0.2) is 30.2 Å². The number of pyridine rings is 1. The molecule has 1 heterocycles. The summed E-state index contributed by atoms with van der Waals surface area (Å²) in [5.41, 5.74) is 1.91. The van der Waals surface area contributed by atoms with Crippen molar-refractivity contribution in [3.05, 3.63) is 65.0 Å². The number of sulfonamides is 1. The zero-order valence-electron chi connectivity index (χ0n) is 12.7. The molecule has 1 aromatic carbocycles. The lowest BCUT2D eigenvalue weighted by Gasteiger charge is -2.08. The fraction of sp³-hybridized carbons (Fsp3) is 0.250. The number of aromatic nitrogens is 1. The molecule has 7 heteroatoms. The van der Waals surface area contributed by atoms with Gasteiger partial charge in [-0.1, -0.05) is 30.3 Å². The number of aryl methyl sites for hydroxylation is 2. The van der Waals surface area contributed by atoms with Crippen LogP contribution in [0.4, 0.5) is 0 Å². The standard InChI is InChI=1S/C16H18N2O4S/c1-12-15(16(19)20)8-7-14(18-12)11-17-23(21,22)10-9-13-5-3-2-4-6-13/h2-8,17H,9-11H2,1H3,(H,19,20). The van der Waals surface area contributed by atoms with Crippen LogP contribution >= 0.6 is 0 Å². The molecular formula is C16H18N2O4S. The summed E-state index contributed by atoms with van der Waals surface area (Å²) in [5.74, 6) is -1.06. The van der Waals surface area contributed by atoms with Crippen molar-refractivity contribution in [3.63, 3.8) is 0 Å². The number of aromatic carboxylic acids is 1. The molecule has 0 saturated carbocycles. The second kappa shape index (κ2) is 7.34. The molecule has 0 saturated heterocycles. The van der Waals surface area contributed by atoms with Crippen molar-refractivity contribution < 1.29 is 18.3 Å². The van der Waals surface area contributed by atoms with E-state index in [4.69, 9.17) is 5.11 Å². The van der Waals surface area contributed by atoms with Gasteiger partial charge >= 0.3 is 5.97 Å². The maximum Gasteiger partial charge on any atom is 0.337 e. The average molecular weight is 334 g/mol. The first-order chi connectivity index (χ1) is 10.9. The molecule has 0 aliphatic carbocycles. The molecule has 0 bridgehead atoms. The zero-order chi connectivity index (χ0) is 16.9. The van der Waals surface area contributed by atoms with Gasteiger partial charge in [0.1, 0.15) is 0 Å². The lowest BCUT2D eigenvalue weighted by atomic mass is 10.2. The number of carbonyl (C=O) groups is 1. The Morgan fingerprint density at radius 3 is 2.48 bits per heavy atom. The third-order valence-electron chi connectivity index (χ3n) is 3.35. The van der Waals surface area contributed by atoms with Crippen molar-refractivity contribution >= 4 is 16.0 Å².